The van der Waals surface area contributed by atoms with Crippen LogP contribution in [0, 0.1) is 0 Å². The number of esters is 1. The van der Waals surface area contributed by atoms with Crippen LogP contribution in [-0.2, 0) is 4.74 Å². The van der Waals surface area contributed by atoms with Gasteiger partial charge in [-0.2, -0.15) is 0 Å². The molecule has 4 nitrogen and oxygen atoms in total. The molecule has 0 aliphatic heterocycles. The Balaban J connectivity index is 1.92. The van der Waals surface area contributed by atoms with Gasteiger partial charge < -0.3 is 15.4 Å². The predicted octanol–water partition coefficient (Wildman–Crippen LogP) is 4.56. The van der Waals surface area contributed by atoms with E-state index >= 15 is 0 Å². The molecule has 0 spiro atoms. The molecule has 0 aliphatic carbocycles. The van der Waals surface area contributed by atoms with Crippen molar-refractivity contribution < 1.29 is 9.53 Å². The molecule has 0 amide bonds. The van der Waals surface area contributed by atoms with Crippen LogP contribution in [-0.4, -0.2) is 17.7 Å². The monoisotopic (exact) mass is 362 g/mol. The lowest BCUT2D eigenvalue weighted by Gasteiger charge is -2.17. The van der Waals surface area contributed by atoms with Gasteiger partial charge >= 0.3 is 5.97 Å². The van der Waals surface area contributed by atoms with Crippen molar-refractivity contribution in [2.45, 2.75) is 19.9 Å². The number of rotatable bonds is 5. The fourth-order valence-corrected chi connectivity index (χ4v) is 2.52. The minimum Gasteiger partial charge on any atom is -0.462 e. The van der Waals surface area contributed by atoms with Crippen LogP contribution in [0.1, 0.15) is 35.8 Å². The van der Waals surface area contributed by atoms with Crippen molar-refractivity contribution in [3.8, 4) is 0 Å². The number of hydrogen-bond donors (Lipinski definition) is 2. The SMILES string of the molecule is CCOC(=O)c1ccc(NC(=S)N[C@@H](C)c2ccc(Cl)cc2)cc1. The maximum atomic E-state index is 11.6. The summed E-state index contributed by atoms with van der Waals surface area (Å²) in [4.78, 5) is 11.6. The first-order chi connectivity index (χ1) is 11.5. The minimum atomic E-state index is -0.332. The van der Waals surface area contributed by atoms with Crippen molar-refractivity contribution in [3.63, 3.8) is 0 Å². The van der Waals surface area contributed by atoms with Crippen LogP contribution in [0.2, 0.25) is 5.02 Å². The standard InChI is InChI=1S/C18H19ClN2O2S/c1-3-23-17(22)14-6-10-16(11-7-14)21-18(24)20-12(2)13-4-8-15(19)9-5-13/h4-12H,3H2,1-2H3,(H2,20,21,24)/t12-/m0/s1. The van der Waals surface area contributed by atoms with Gasteiger partial charge in [0.1, 0.15) is 0 Å². The highest BCUT2D eigenvalue weighted by Crippen LogP contribution is 2.16. The summed E-state index contributed by atoms with van der Waals surface area (Å²) >= 11 is 11.2. The summed E-state index contributed by atoms with van der Waals surface area (Å²) in [7, 11) is 0. The lowest BCUT2D eigenvalue weighted by molar-refractivity contribution is 0.0526. The van der Waals surface area contributed by atoms with Gasteiger partial charge in [-0.3, -0.25) is 0 Å². The first-order valence-corrected chi connectivity index (χ1v) is 8.38. The number of anilines is 1. The molecule has 126 valence electrons. The van der Waals surface area contributed by atoms with Crippen LogP contribution in [0.3, 0.4) is 0 Å². The highest BCUT2D eigenvalue weighted by Gasteiger charge is 2.08. The fraction of sp³-hybridized carbons (Fsp3) is 0.222. The summed E-state index contributed by atoms with van der Waals surface area (Å²) < 4.78 is 4.95. The molecule has 0 heterocycles. The Morgan fingerprint density at radius 1 is 1.17 bits per heavy atom. The Labute approximate surface area is 152 Å². The topological polar surface area (TPSA) is 50.4 Å². The molecule has 0 saturated carbocycles. The van der Waals surface area contributed by atoms with Crippen molar-refractivity contribution in [1.82, 2.24) is 5.32 Å². The van der Waals surface area contributed by atoms with Crippen molar-refractivity contribution >= 4 is 40.6 Å². The molecule has 6 heteroatoms. The van der Waals surface area contributed by atoms with E-state index in [9.17, 15) is 4.79 Å². The number of benzene rings is 2. The smallest absolute Gasteiger partial charge is 0.338 e. The Morgan fingerprint density at radius 3 is 2.38 bits per heavy atom. The third-order valence-corrected chi connectivity index (χ3v) is 3.84. The average Bonchev–Trinajstić information content (AvgIpc) is 2.56. The maximum Gasteiger partial charge on any atom is 0.338 e. The third-order valence-electron chi connectivity index (χ3n) is 3.37. The van der Waals surface area contributed by atoms with Crippen molar-refractivity contribution in [1.29, 1.82) is 0 Å². The molecule has 0 aromatic heterocycles. The highest BCUT2D eigenvalue weighted by molar-refractivity contribution is 7.80. The molecule has 0 fully saturated rings. The normalized spacial score (nSPS) is 11.5. The summed E-state index contributed by atoms with van der Waals surface area (Å²) in [5.41, 5.74) is 2.39. The Bertz CT molecular complexity index is 702. The van der Waals surface area contributed by atoms with Crippen molar-refractivity contribution in [2.24, 2.45) is 0 Å². The molecule has 0 unspecified atom stereocenters. The molecule has 2 rings (SSSR count). The molecule has 1 atom stereocenters. The first kappa shape index (κ1) is 18.2. The summed E-state index contributed by atoms with van der Waals surface area (Å²) in [6.45, 7) is 4.15. The Hall–Kier alpha value is -2.11. The number of halogens is 1. The molecule has 24 heavy (non-hydrogen) atoms. The van der Waals surface area contributed by atoms with E-state index in [-0.39, 0.29) is 12.0 Å². The van der Waals surface area contributed by atoms with Gasteiger partial charge in [0.05, 0.1) is 18.2 Å². The fourth-order valence-electron chi connectivity index (χ4n) is 2.10. The van der Waals surface area contributed by atoms with Crippen LogP contribution in [0.4, 0.5) is 5.69 Å². The number of thiocarbonyl (C=S) groups is 1. The number of ether oxygens (including phenoxy) is 1. The van der Waals surface area contributed by atoms with Crippen molar-refractivity contribution in [2.75, 3.05) is 11.9 Å². The van der Waals surface area contributed by atoms with Crippen molar-refractivity contribution in [3.05, 3.63) is 64.7 Å². The van der Waals surface area contributed by atoms with Crippen LogP contribution in [0.25, 0.3) is 0 Å². The molecular formula is C18H19ClN2O2S. The number of hydrogen-bond acceptors (Lipinski definition) is 3. The quantitative estimate of drug-likeness (QED) is 0.603. The first-order valence-electron chi connectivity index (χ1n) is 7.59. The third kappa shape index (κ3) is 5.22. The van der Waals surface area contributed by atoms with Gasteiger partial charge in [-0.05, 0) is 68.0 Å². The molecule has 0 aliphatic rings. The molecule has 0 bridgehead atoms. The minimum absolute atomic E-state index is 0.0427. The van der Waals surface area contributed by atoms with Crippen LogP contribution < -0.4 is 10.6 Å². The Kier molecular flexibility index (Phi) is 6.58. The van der Waals surface area contributed by atoms with E-state index in [4.69, 9.17) is 28.6 Å². The second kappa shape index (κ2) is 8.66. The van der Waals surface area contributed by atoms with Crippen LogP contribution in [0.15, 0.2) is 48.5 Å². The Morgan fingerprint density at radius 2 is 1.79 bits per heavy atom. The van der Waals surface area contributed by atoms with E-state index in [1.807, 2.05) is 31.2 Å². The average molecular weight is 363 g/mol. The molecule has 2 N–H and O–H groups in total. The zero-order valence-electron chi connectivity index (χ0n) is 13.5. The van der Waals surface area contributed by atoms with Gasteiger partial charge in [0, 0.05) is 10.7 Å². The molecule has 2 aromatic rings. The highest BCUT2D eigenvalue weighted by atomic mass is 35.5. The van der Waals surface area contributed by atoms with Gasteiger partial charge in [-0.1, -0.05) is 23.7 Å². The van der Waals surface area contributed by atoms with Gasteiger partial charge in [-0.25, -0.2) is 4.79 Å². The van der Waals surface area contributed by atoms with E-state index < -0.39 is 0 Å². The van der Waals surface area contributed by atoms with Crippen LogP contribution >= 0.6 is 23.8 Å². The van der Waals surface area contributed by atoms with Gasteiger partial charge in [0.2, 0.25) is 0 Å². The predicted molar refractivity (Wildman–Crippen MR) is 102 cm³/mol. The number of carbonyl (C=O) groups excluding carboxylic acids is 1. The van der Waals surface area contributed by atoms with Gasteiger partial charge in [0.15, 0.2) is 5.11 Å². The zero-order valence-corrected chi connectivity index (χ0v) is 15.1. The molecule has 2 aromatic carbocycles. The zero-order chi connectivity index (χ0) is 17.5. The van der Waals surface area contributed by atoms with E-state index in [0.717, 1.165) is 11.3 Å². The number of nitrogens with one attached hydrogen (secondary N) is 2. The van der Waals surface area contributed by atoms with E-state index in [2.05, 4.69) is 10.6 Å². The maximum absolute atomic E-state index is 11.6. The molecule has 0 radical (unpaired) electrons. The largest absolute Gasteiger partial charge is 0.462 e. The summed E-state index contributed by atoms with van der Waals surface area (Å²) in [6, 6.07) is 14.6. The number of carbonyl (C=O) groups is 1. The van der Waals surface area contributed by atoms with E-state index in [1.165, 1.54) is 0 Å². The summed E-state index contributed by atoms with van der Waals surface area (Å²) in [6.07, 6.45) is 0. The lowest BCUT2D eigenvalue weighted by atomic mass is 10.1. The van der Waals surface area contributed by atoms with Gasteiger partial charge in [-0.15, -0.1) is 0 Å². The summed E-state index contributed by atoms with van der Waals surface area (Å²) in [5, 5.41) is 7.51. The van der Waals surface area contributed by atoms with E-state index in [0.29, 0.717) is 22.3 Å². The molecule has 0 saturated heterocycles. The van der Waals surface area contributed by atoms with Gasteiger partial charge in [0.25, 0.3) is 0 Å². The molecular weight excluding hydrogens is 344 g/mol. The second-order valence-corrected chi connectivity index (χ2v) is 6.01. The van der Waals surface area contributed by atoms with Crippen LogP contribution in [0.5, 0.6) is 0 Å². The second-order valence-electron chi connectivity index (χ2n) is 5.17. The summed E-state index contributed by atoms with van der Waals surface area (Å²) in [5.74, 6) is -0.332. The van der Waals surface area contributed by atoms with E-state index in [1.54, 1.807) is 31.2 Å². The lowest BCUT2D eigenvalue weighted by Crippen LogP contribution is -2.30.